The minimum absolute atomic E-state index is 0.633. The lowest BCUT2D eigenvalue weighted by atomic mass is 10.1. The fraction of sp³-hybridized carbons (Fsp3) is 0.161. The van der Waals surface area contributed by atoms with Gasteiger partial charge in [0.05, 0.1) is 21.6 Å². The molecular formula is C31H31N7S. The van der Waals surface area contributed by atoms with Gasteiger partial charge in [-0.05, 0) is 73.9 Å². The molecule has 0 aliphatic rings. The molecule has 0 spiro atoms. The predicted octanol–water partition coefficient (Wildman–Crippen LogP) is 8.03. The van der Waals surface area contributed by atoms with Crippen LogP contribution in [0.15, 0.2) is 85.9 Å². The summed E-state index contributed by atoms with van der Waals surface area (Å²) in [6, 6.07) is 10.0. The topological polar surface area (TPSA) is 95.2 Å². The summed E-state index contributed by atoms with van der Waals surface area (Å²) in [6.07, 6.45) is 9.57. The SMILES string of the molecule is C=C/C(=C\C(=C/C)c1ccc2[nH]nc(-c3nc4c(-c5ccc(C(=C)C)s5)nccc4[nH]3)c2n1)NC(=C)CCC. The lowest BCUT2D eigenvalue weighted by Gasteiger charge is -2.11. The van der Waals surface area contributed by atoms with Gasteiger partial charge in [0, 0.05) is 22.5 Å². The Balaban J connectivity index is 1.54. The Morgan fingerprint density at radius 1 is 1.05 bits per heavy atom. The first kappa shape index (κ1) is 26.1. The molecule has 0 fully saturated rings. The van der Waals surface area contributed by atoms with Gasteiger partial charge in [-0.25, -0.2) is 9.97 Å². The van der Waals surface area contributed by atoms with E-state index in [1.807, 2.05) is 44.2 Å². The van der Waals surface area contributed by atoms with Crippen LogP contribution in [0.2, 0.25) is 0 Å². The second-order valence-electron chi connectivity index (χ2n) is 9.28. The predicted molar refractivity (Wildman–Crippen MR) is 164 cm³/mol. The van der Waals surface area contributed by atoms with Gasteiger partial charge in [0.25, 0.3) is 0 Å². The smallest absolute Gasteiger partial charge is 0.161 e. The van der Waals surface area contributed by atoms with E-state index in [2.05, 4.69) is 64.3 Å². The minimum atomic E-state index is 0.633. The molecule has 39 heavy (non-hydrogen) atoms. The van der Waals surface area contributed by atoms with E-state index in [9.17, 15) is 0 Å². The Labute approximate surface area is 231 Å². The molecule has 0 aliphatic carbocycles. The van der Waals surface area contributed by atoms with Gasteiger partial charge >= 0.3 is 0 Å². The van der Waals surface area contributed by atoms with E-state index in [4.69, 9.17) is 9.97 Å². The summed E-state index contributed by atoms with van der Waals surface area (Å²) in [7, 11) is 0. The van der Waals surface area contributed by atoms with Crippen LogP contribution in [-0.4, -0.2) is 30.1 Å². The van der Waals surface area contributed by atoms with Gasteiger partial charge in [0.2, 0.25) is 0 Å². The number of rotatable bonds is 10. The van der Waals surface area contributed by atoms with E-state index >= 15 is 0 Å². The third-order valence-electron chi connectivity index (χ3n) is 6.30. The number of hydrogen-bond acceptors (Lipinski definition) is 6. The second kappa shape index (κ2) is 11.0. The highest BCUT2D eigenvalue weighted by Crippen LogP contribution is 2.35. The molecule has 7 nitrogen and oxygen atoms in total. The van der Waals surface area contributed by atoms with Gasteiger partial charge in [0.15, 0.2) is 11.5 Å². The van der Waals surface area contributed by atoms with Gasteiger partial charge in [-0.2, -0.15) is 5.10 Å². The summed E-state index contributed by atoms with van der Waals surface area (Å²) < 4.78 is 0. The van der Waals surface area contributed by atoms with Crippen LogP contribution < -0.4 is 5.32 Å². The maximum Gasteiger partial charge on any atom is 0.161 e. The van der Waals surface area contributed by atoms with Crippen LogP contribution >= 0.6 is 11.3 Å². The molecule has 8 heteroatoms. The van der Waals surface area contributed by atoms with Gasteiger partial charge in [-0.1, -0.05) is 39.2 Å². The van der Waals surface area contributed by atoms with Crippen LogP contribution in [0.3, 0.4) is 0 Å². The monoisotopic (exact) mass is 533 g/mol. The number of nitrogens with zero attached hydrogens (tertiary/aromatic N) is 4. The van der Waals surface area contributed by atoms with Crippen LogP contribution in [0.5, 0.6) is 0 Å². The number of imidazole rings is 1. The van der Waals surface area contributed by atoms with Gasteiger partial charge in [-0.3, -0.25) is 10.1 Å². The maximum absolute atomic E-state index is 4.98. The number of aromatic nitrogens is 6. The Bertz CT molecular complexity index is 1780. The number of H-pyrrole nitrogens is 2. The summed E-state index contributed by atoms with van der Waals surface area (Å²) in [5.41, 5.74) is 9.36. The molecule has 0 unspecified atom stereocenters. The Morgan fingerprint density at radius 2 is 1.87 bits per heavy atom. The molecule has 0 aromatic carbocycles. The van der Waals surface area contributed by atoms with Crippen molar-refractivity contribution in [2.24, 2.45) is 0 Å². The molecule has 0 bridgehead atoms. The van der Waals surface area contributed by atoms with Crippen molar-refractivity contribution in [2.45, 2.75) is 33.6 Å². The minimum Gasteiger partial charge on any atom is -0.359 e. The van der Waals surface area contributed by atoms with E-state index in [0.29, 0.717) is 11.5 Å². The Morgan fingerprint density at radius 3 is 2.59 bits per heavy atom. The zero-order valence-corrected chi connectivity index (χ0v) is 23.2. The summed E-state index contributed by atoms with van der Waals surface area (Å²) >= 11 is 1.66. The van der Waals surface area contributed by atoms with E-state index in [-0.39, 0.29) is 0 Å². The number of thiophene rings is 1. The highest BCUT2D eigenvalue weighted by molar-refractivity contribution is 7.16. The van der Waals surface area contributed by atoms with Crippen molar-refractivity contribution in [3.05, 3.63) is 96.5 Å². The molecule has 0 saturated heterocycles. The number of nitrogens with one attached hydrogen (secondary N) is 3. The van der Waals surface area contributed by atoms with E-state index < -0.39 is 0 Å². The van der Waals surface area contributed by atoms with Crippen molar-refractivity contribution < 1.29 is 0 Å². The van der Waals surface area contributed by atoms with Crippen LogP contribution in [0.25, 0.3) is 55.3 Å². The van der Waals surface area contributed by atoms with Gasteiger partial charge in [-0.15, -0.1) is 11.3 Å². The standard InChI is InChI=1S/C31H31N7S/c1-7-10-19(6)33-21(9-3)17-20(8-2)22-11-12-24-28(34-22)30(38-37-24)31-35-23-15-16-32-29(27(23)36-31)26-14-13-25(39-26)18(4)5/h8-9,11-17,33H,3-4,6-7,10H2,1-2,5H3,(H,35,36)(H,37,38)/b20-8+,21-17+. The van der Waals surface area contributed by atoms with Crippen molar-refractivity contribution in [3.63, 3.8) is 0 Å². The molecule has 5 heterocycles. The third kappa shape index (κ3) is 5.24. The molecule has 3 N–H and O–H groups in total. The maximum atomic E-state index is 4.98. The average molecular weight is 534 g/mol. The zero-order valence-electron chi connectivity index (χ0n) is 22.4. The molecule has 0 aliphatic heterocycles. The molecular weight excluding hydrogens is 502 g/mol. The number of pyridine rings is 2. The molecule has 0 atom stereocenters. The average Bonchev–Trinajstić information content (AvgIpc) is 3.68. The van der Waals surface area contributed by atoms with Crippen molar-refractivity contribution in [1.29, 1.82) is 0 Å². The summed E-state index contributed by atoms with van der Waals surface area (Å²) in [5.74, 6) is 0.633. The quantitative estimate of drug-likeness (QED) is 0.158. The second-order valence-corrected chi connectivity index (χ2v) is 10.4. The molecule has 0 saturated carbocycles. The van der Waals surface area contributed by atoms with Crippen molar-refractivity contribution in [1.82, 2.24) is 35.5 Å². The Kier molecular flexibility index (Phi) is 7.38. The van der Waals surface area contributed by atoms with E-state index in [1.165, 1.54) is 0 Å². The first-order valence-electron chi connectivity index (χ1n) is 12.8. The van der Waals surface area contributed by atoms with Crippen molar-refractivity contribution in [2.75, 3.05) is 0 Å². The number of fused-ring (bicyclic) bond motifs is 2. The van der Waals surface area contributed by atoms with Crippen LogP contribution in [-0.2, 0) is 0 Å². The fourth-order valence-electron chi connectivity index (χ4n) is 4.33. The van der Waals surface area contributed by atoms with Crippen LogP contribution in [0.4, 0.5) is 0 Å². The first-order valence-corrected chi connectivity index (χ1v) is 13.6. The largest absolute Gasteiger partial charge is 0.359 e. The molecule has 0 amide bonds. The van der Waals surface area contributed by atoms with Crippen LogP contribution in [0.1, 0.15) is 44.2 Å². The normalized spacial score (nSPS) is 12.3. The summed E-state index contributed by atoms with van der Waals surface area (Å²) in [4.78, 5) is 20.2. The third-order valence-corrected chi connectivity index (χ3v) is 7.56. The highest BCUT2D eigenvalue weighted by atomic mass is 32.1. The van der Waals surface area contributed by atoms with E-state index in [0.717, 1.165) is 78.6 Å². The fourth-order valence-corrected chi connectivity index (χ4v) is 5.26. The molecule has 196 valence electrons. The number of allylic oxidation sites excluding steroid dienone is 6. The number of aromatic amines is 2. The lowest BCUT2D eigenvalue weighted by molar-refractivity contribution is 0.829. The van der Waals surface area contributed by atoms with Gasteiger partial charge in [0.1, 0.15) is 16.7 Å². The number of hydrogen-bond donors (Lipinski definition) is 3. The highest BCUT2D eigenvalue weighted by Gasteiger charge is 2.18. The zero-order chi connectivity index (χ0) is 27.5. The van der Waals surface area contributed by atoms with Crippen molar-refractivity contribution in [3.8, 4) is 22.1 Å². The molecule has 5 rings (SSSR count). The van der Waals surface area contributed by atoms with Crippen LogP contribution in [0, 0.1) is 0 Å². The molecule has 5 aromatic rings. The molecule has 5 aromatic heterocycles. The summed E-state index contributed by atoms with van der Waals surface area (Å²) in [6.45, 7) is 18.2. The first-order chi connectivity index (χ1) is 18.9. The molecule has 0 radical (unpaired) electrons. The Hall–Kier alpha value is -4.56. The summed E-state index contributed by atoms with van der Waals surface area (Å²) in [5, 5.41) is 11.0. The lowest BCUT2D eigenvalue weighted by Crippen LogP contribution is -2.10. The van der Waals surface area contributed by atoms with E-state index in [1.54, 1.807) is 23.6 Å². The van der Waals surface area contributed by atoms with Crippen molar-refractivity contribution >= 4 is 44.5 Å². The van der Waals surface area contributed by atoms with Gasteiger partial charge < -0.3 is 10.3 Å².